The molecule has 1 amide bonds. The fourth-order valence-corrected chi connectivity index (χ4v) is 3.00. The number of rotatable bonds is 8. The minimum atomic E-state index is -2.17. The number of hydrogen-bond acceptors (Lipinski definition) is 7. The Kier molecular flexibility index (Phi) is 6.34. The van der Waals surface area contributed by atoms with Crippen molar-refractivity contribution in [1.29, 1.82) is 0 Å². The van der Waals surface area contributed by atoms with Crippen LogP contribution in [-0.4, -0.2) is 46.5 Å². The molecule has 0 radical (unpaired) electrons. The predicted molar refractivity (Wildman–Crippen MR) is 98.5 cm³/mol. The van der Waals surface area contributed by atoms with E-state index in [1.54, 1.807) is 19.9 Å². The third-order valence-electron chi connectivity index (χ3n) is 4.05. The number of nitrogens with one attached hydrogen (secondary N) is 2. The average Bonchev–Trinajstić information content (AvgIpc) is 3.03. The van der Waals surface area contributed by atoms with Crippen LogP contribution in [0.15, 0.2) is 24.4 Å². The molecule has 10 nitrogen and oxygen atoms in total. The normalized spacial score (nSPS) is 11.1. The Morgan fingerprint density at radius 2 is 1.79 bits per heavy atom. The number of non-ortho nitro benzene ring substituents is 1. The van der Waals surface area contributed by atoms with Crippen molar-refractivity contribution in [3.63, 3.8) is 0 Å². The molecule has 0 bridgehead atoms. The van der Waals surface area contributed by atoms with Crippen molar-refractivity contribution in [1.82, 2.24) is 10.3 Å². The van der Waals surface area contributed by atoms with Gasteiger partial charge in [-0.1, -0.05) is 6.07 Å². The lowest BCUT2D eigenvalue weighted by Gasteiger charge is -2.29. The van der Waals surface area contributed by atoms with Crippen molar-refractivity contribution in [3.8, 4) is 0 Å². The molecule has 2 aromatic rings. The van der Waals surface area contributed by atoms with Gasteiger partial charge in [-0.25, -0.2) is 9.59 Å². The van der Waals surface area contributed by atoms with Crippen molar-refractivity contribution in [2.75, 3.05) is 13.2 Å². The standard InChI is InChI=1S/C18H21N3O7/c1-4-27-16(23)18(20-11(3)22,17(24)28-5-2)9-12-10-19-13-7-6-8-14(15(12)13)21(25)26/h6-8,10,19H,4-5,9H2,1-3H3,(H,20,22). The number of carbonyl (C=O) groups is 3. The molecule has 0 saturated carbocycles. The molecule has 1 heterocycles. The first-order valence-electron chi connectivity index (χ1n) is 8.63. The van der Waals surface area contributed by atoms with Gasteiger partial charge in [0.25, 0.3) is 5.69 Å². The van der Waals surface area contributed by atoms with E-state index < -0.39 is 28.3 Å². The molecule has 0 spiro atoms. The maximum atomic E-state index is 12.7. The number of fused-ring (bicyclic) bond motifs is 1. The van der Waals surface area contributed by atoms with Gasteiger partial charge in [-0.3, -0.25) is 14.9 Å². The van der Waals surface area contributed by atoms with Crippen molar-refractivity contribution in [3.05, 3.63) is 40.1 Å². The lowest BCUT2D eigenvalue weighted by atomic mass is 9.89. The Morgan fingerprint density at radius 1 is 1.18 bits per heavy atom. The van der Waals surface area contributed by atoms with Gasteiger partial charge in [0.1, 0.15) is 0 Å². The Hall–Kier alpha value is -3.43. The van der Waals surface area contributed by atoms with E-state index in [9.17, 15) is 24.5 Å². The van der Waals surface area contributed by atoms with Crippen LogP contribution in [0.3, 0.4) is 0 Å². The van der Waals surface area contributed by atoms with E-state index in [4.69, 9.17) is 9.47 Å². The highest BCUT2D eigenvalue weighted by Crippen LogP contribution is 2.31. The summed E-state index contributed by atoms with van der Waals surface area (Å²) >= 11 is 0. The van der Waals surface area contributed by atoms with E-state index in [2.05, 4.69) is 10.3 Å². The first-order chi connectivity index (χ1) is 13.3. The molecule has 0 unspecified atom stereocenters. The molecule has 0 aliphatic heterocycles. The highest BCUT2D eigenvalue weighted by Gasteiger charge is 2.50. The molecule has 0 atom stereocenters. The van der Waals surface area contributed by atoms with E-state index in [0.29, 0.717) is 5.52 Å². The number of nitro benzene ring substituents is 1. The Morgan fingerprint density at radius 3 is 2.29 bits per heavy atom. The number of ether oxygens (including phenoxy) is 2. The minimum Gasteiger partial charge on any atom is -0.464 e. The second kappa shape index (κ2) is 8.51. The summed E-state index contributed by atoms with van der Waals surface area (Å²) in [6.45, 7) is 4.18. The monoisotopic (exact) mass is 391 g/mol. The molecule has 1 aromatic heterocycles. The fourth-order valence-electron chi connectivity index (χ4n) is 3.00. The SMILES string of the molecule is CCOC(=O)C(Cc1c[nH]c2cccc([N+](=O)[O-])c12)(NC(C)=O)C(=O)OCC. The van der Waals surface area contributed by atoms with Crippen LogP contribution in [-0.2, 0) is 30.3 Å². The van der Waals surface area contributed by atoms with Crippen LogP contribution in [0.1, 0.15) is 26.3 Å². The molecule has 0 aliphatic rings. The number of esters is 2. The van der Waals surface area contributed by atoms with Gasteiger partial charge in [0.05, 0.1) is 29.0 Å². The summed E-state index contributed by atoms with van der Waals surface area (Å²) in [6.07, 6.45) is 1.07. The van der Waals surface area contributed by atoms with Crippen LogP contribution in [0.25, 0.3) is 10.9 Å². The minimum absolute atomic E-state index is 0.0341. The van der Waals surface area contributed by atoms with Crippen LogP contribution >= 0.6 is 0 Å². The number of nitro groups is 1. The van der Waals surface area contributed by atoms with E-state index >= 15 is 0 Å². The molecule has 0 aliphatic carbocycles. The van der Waals surface area contributed by atoms with Gasteiger partial charge in [-0.2, -0.15) is 0 Å². The lowest BCUT2D eigenvalue weighted by molar-refractivity contribution is -0.383. The summed E-state index contributed by atoms with van der Waals surface area (Å²) in [5.74, 6) is -2.66. The summed E-state index contributed by atoms with van der Waals surface area (Å²) in [4.78, 5) is 51.0. The van der Waals surface area contributed by atoms with Gasteiger partial charge in [-0.05, 0) is 25.5 Å². The number of hydrogen-bond donors (Lipinski definition) is 2. The number of nitrogens with zero attached hydrogens (tertiary/aromatic N) is 1. The number of aromatic amines is 1. The molecule has 28 heavy (non-hydrogen) atoms. The van der Waals surface area contributed by atoms with Crippen molar-refractivity contribution in [2.45, 2.75) is 32.7 Å². The van der Waals surface area contributed by atoms with Crippen molar-refractivity contribution in [2.24, 2.45) is 0 Å². The maximum Gasteiger partial charge on any atom is 0.344 e. The van der Waals surface area contributed by atoms with E-state index in [1.807, 2.05) is 0 Å². The molecule has 2 rings (SSSR count). The Labute approximate surface area is 160 Å². The molecule has 0 fully saturated rings. The number of benzene rings is 1. The van der Waals surface area contributed by atoms with E-state index in [-0.39, 0.29) is 36.3 Å². The summed E-state index contributed by atoms with van der Waals surface area (Å²) in [6, 6.07) is 4.45. The topological polar surface area (TPSA) is 141 Å². The third kappa shape index (κ3) is 3.95. The van der Waals surface area contributed by atoms with Gasteiger partial charge < -0.3 is 19.8 Å². The van der Waals surface area contributed by atoms with Gasteiger partial charge in [-0.15, -0.1) is 0 Å². The third-order valence-corrected chi connectivity index (χ3v) is 4.05. The van der Waals surface area contributed by atoms with Gasteiger partial charge >= 0.3 is 11.9 Å². The summed E-state index contributed by atoms with van der Waals surface area (Å²) < 4.78 is 10.0. The number of H-pyrrole nitrogens is 1. The maximum absolute atomic E-state index is 12.7. The molecule has 1 aromatic carbocycles. The van der Waals surface area contributed by atoms with Crippen LogP contribution in [0.5, 0.6) is 0 Å². The molecule has 150 valence electrons. The molecule has 2 N–H and O–H groups in total. The van der Waals surface area contributed by atoms with E-state index in [0.717, 1.165) is 6.92 Å². The Bertz CT molecular complexity index is 901. The zero-order valence-corrected chi connectivity index (χ0v) is 15.7. The molecule has 0 saturated heterocycles. The number of aromatic nitrogens is 1. The van der Waals surface area contributed by atoms with Crippen LogP contribution in [0, 0.1) is 10.1 Å². The lowest BCUT2D eigenvalue weighted by Crippen LogP contribution is -2.62. The molecular formula is C18H21N3O7. The second-order valence-corrected chi connectivity index (χ2v) is 5.97. The highest BCUT2D eigenvalue weighted by molar-refractivity contribution is 6.08. The highest BCUT2D eigenvalue weighted by atomic mass is 16.6. The van der Waals surface area contributed by atoms with E-state index in [1.165, 1.54) is 18.3 Å². The number of amides is 1. The van der Waals surface area contributed by atoms with Crippen molar-refractivity contribution < 1.29 is 28.8 Å². The summed E-state index contributed by atoms with van der Waals surface area (Å²) in [7, 11) is 0. The average molecular weight is 391 g/mol. The van der Waals surface area contributed by atoms with Crippen LogP contribution < -0.4 is 5.32 Å². The smallest absolute Gasteiger partial charge is 0.344 e. The van der Waals surface area contributed by atoms with Gasteiger partial charge in [0.2, 0.25) is 11.4 Å². The van der Waals surface area contributed by atoms with Crippen molar-refractivity contribution >= 4 is 34.4 Å². The van der Waals surface area contributed by atoms with Crippen LogP contribution in [0.4, 0.5) is 5.69 Å². The predicted octanol–water partition coefficient (Wildman–Crippen LogP) is 1.62. The van der Waals surface area contributed by atoms with Crippen LogP contribution in [0.2, 0.25) is 0 Å². The zero-order chi connectivity index (χ0) is 20.9. The zero-order valence-electron chi connectivity index (χ0n) is 15.7. The molecule has 10 heteroatoms. The first-order valence-corrected chi connectivity index (χ1v) is 8.63. The summed E-state index contributed by atoms with van der Waals surface area (Å²) in [5, 5.41) is 14.0. The quantitative estimate of drug-likeness (QED) is 0.301. The second-order valence-electron chi connectivity index (χ2n) is 5.97. The first kappa shape index (κ1) is 20.9. The number of carbonyl (C=O) groups excluding carboxylic acids is 3. The molecular weight excluding hydrogens is 370 g/mol. The van der Waals surface area contributed by atoms with Gasteiger partial charge in [0, 0.05) is 25.6 Å². The largest absolute Gasteiger partial charge is 0.464 e. The van der Waals surface area contributed by atoms with Gasteiger partial charge in [0.15, 0.2) is 0 Å². The summed E-state index contributed by atoms with van der Waals surface area (Å²) in [5.41, 5.74) is -1.62. The Balaban J connectivity index is 2.66. The fraction of sp³-hybridized carbons (Fsp3) is 0.389.